The molecule has 2 aromatic rings. The Kier molecular flexibility index (Phi) is 6.33. The third kappa shape index (κ3) is 5.82. The van der Waals surface area contributed by atoms with E-state index in [1.165, 1.54) is 12.1 Å². The van der Waals surface area contributed by atoms with E-state index in [4.69, 9.17) is 0 Å². The van der Waals surface area contributed by atoms with Gasteiger partial charge < -0.3 is 5.32 Å². The number of rotatable bonds is 7. The van der Waals surface area contributed by atoms with E-state index in [0.717, 1.165) is 29.8 Å². The van der Waals surface area contributed by atoms with Crippen molar-refractivity contribution in [2.24, 2.45) is 5.92 Å². The van der Waals surface area contributed by atoms with Crippen LogP contribution in [0.5, 0.6) is 0 Å². The topological polar surface area (TPSA) is 72.7 Å². The van der Waals surface area contributed by atoms with Gasteiger partial charge in [0.2, 0.25) is 11.7 Å². The zero-order chi connectivity index (χ0) is 19.3. The molecule has 1 aromatic carbocycles. The maximum atomic E-state index is 12.8. The molecular weight excluding hydrogens is 347 g/mol. The second-order valence-electron chi connectivity index (χ2n) is 6.66. The highest BCUT2D eigenvalue weighted by molar-refractivity contribution is 5.75. The van der Waals surface area contributed by atoms with Crippen molar-refractivity contribution in [1.29, 1.82) is 0 Å². The normalized spacial score (nSPS) is 13.0. The van der Waals surface area contributed by atoms with Gasteiger partial charge in [-0.05, 0) is 43.0 Å². The van der Waals surface area contributed by atoms with Gasteiger partial charge in [0.05, 0.1) is 5.56 Å². The zero-order valence-electron chi connectivity index (χ0n) is 14.9. The first kappa shape index (κ1) is 19.9. The number of aromatic nitrogens is 4. The van der Waals surface area contributed by atoms with Crippen LogP contribution in [0.4, 0.5) is 13.2 Å². The minimum atomic E-state index is -4.45. The summed E-state index contributed by atoms with van der Waals surface area (Å²) in [6.45, 7) is 6.01. The molecule has 26 heavy (non-hydrogen) atoms. The number of hydrogen-bond donors (Lipinski definition) is 1. The first-order valence-corrected chi connectivity index (χ1v) is 8.40. The van der Waals surface area contributed by atoms with Gasteiger partial charge in [0.1, 0.15) is 6.54 Å². The molecule has 1 heterocycles. The van der Waals surface area contributed by atoms with Crippen LogP contribution in [0.3, 0.4) is 0 Å². The molecule has 0 aliphatic carbocycles. The summed E-state index contributed by atoms with van der Waals surface area (Å²) in [5.74, 6) is 0.326. The molecule has 0 bridgehead atoms. The summed E-state index contributed by atoms with van der Waals surface area (Å²) in [5, 5.41) is 14.3. The van der Waals surface area contributed by atoms with Gasteiger partial charge in [-0.15, -0.1) is 10.2 Å². The zero-order valence-corrected chi connectivity index (χ0v) is 14.9. The molecule has 0 spiro atoms. The molecule has 0 unspecified atom stereocenters. The first-order valence-electron chi connectivity index (χ1n) is 8.40. The number of halogens is 3. The lowest BCUT2D eigenvalue weighted by Gasteiger charge is -2.14. The lowest BCUT2D eigenvalue weighted by molar-refractivity contribution is -0.137. The molecule has 1 N–H and O–H groups in total. The van der Waals surface area contributed by atoms with Crippen LogP contribution < -0.4 is 5.32 Å². The SMILES string of the molecule is CC(C)CC[C@@H](C)NC(=O)Cn1nnc(-c2cccc(C(F)(F)F)c2)n1. The summed E-state index contributed by atoms with van der Waals surface area (Å²) in [7, 11) is 0. The molecule has 0 aliphatic heterocycles. The van der Waals surface area contributed by atoms with Crippen molar-refractivity contribution in [2.45, 2.75) is 52.4 Å². The van der Waals surface area contributed by atoms with Gasteiger partial charge in [-0.2, -0.15) is 18.0 Å². The highest BCUT2D eigenvalue weighted by Gasteiger charge is 2.30. The third-order valence-electron chi connectivity index (χ3n) is 3.77. The number of alkyl halides is 3. The van der Waals surface area contributed by atoms with E-state index in [1.807, 2.05) is 6.92 Å². The molecule has 1 aromatic heterocycles. The summed E-state index contributed by atoms with van der Waals surface area (Å²) in [5.41, 5.74) is -0.597. The summed E-state index contributed by atoms with van der Waals surface area (Å²) >= 11 is 0. The Hall–Kier alpha value is -2.45. The summed E-state index contributed by atoms with van der Waals surface area (Å²) < 4.78 is 38.3. The predicted molar refractivity (Wildman–Crippen MR) is 89.9 cm³/mol. The lowest BCUT2D eigenvalue weighted by Crippen LogP contribution is -2.35. The van der Waals surface area contributed by atoms with Crippen LogP contribution in [0.2, 0.25) is 0 Å². The molecule has 0 saturated heterocycles. The maximum absolute atomic E-state index is 12.8. The fraction of sp³-hybridized carbons (Fsp3) is 0.529. The molecule has 0 radical (unpaired) electrons. The largest absolute Gasteiger partial charge is 0.416 e. The number of carbonyl (C=O) groups is 1. The fourth-order valence-corrected chi connectivity index (χ4v) is 2.36. The molecule has 1 atom stereocenters. The average molecular weight is 369 g/mol. The molecule has 1 amide bonds. The van der Waals surface area contributed by atoms with Crippen LogP contribution in [-0.2, 0) is 17.5 Å². The number of nitrogens with one attached hydrogen (secondary N) is 1. The van der Waals surface area contributed by atoms with Crippen LogP contribution in [0.25, 0.3) is 11.4 Å². The monoisotopic (exact) mass is 369 g/mol. The van der Waals surface area contributed by atoms with Crippen molar-refractivity contribution in [2.75, 3.05) is 0 Å². The smallest absolute Gasteiger partial charge is 0.352 e. The van der Waals surface area contributed by atoms with Crippen molar-refractivity contribution >= 4 is 5.91 Å². The van der Waals surface area contributed by atoms with Gasteiger partial charge in [0.25, 0.3) is 0 Å². The summed E-state index contributed by atoms with van der Waals surface area (Å²) in [6, 6.07) is 4.69. The van der Waals surface area contributed by atoms with Crippen molar-refractivity contribution in [3.05, 3.63) is 29.8 Å². The van der Waals surface area contributed by atoms with Gasteiger partial charge in [-0.3, -0.25) is 4.79 Å². The van der Waals surface area contributed by atoms with Gasteiger partial charge in [0.15, 0.2) is 0 Å². The number of tetrazole rings is 1. The number of hydrogen-bond acceptors (Lipinski definition) is 4. The van der Waals surface area contributed by atoms with Crippen molar-refractivity contribution < 1.29 is 18.0 Å². The number of benzene rings is 1. The van der Waals surface area contributed by atoms with E-state index in [2.05, 4.69) is 34.6 Å². The van der Waals surface area contributed by atoms with Crippen LogP contribution in [0.15, 0.2) is 24.3 Å². The quantitative estimate of drug-likeness (QED) is 0.813. The van der Waals surface area contributed by atoms with Gasteiger partial charge in [-0.1, -0.05) is 26.0 Å². The molecule has 0 fully saturated rings. The number of amides is 1. The molecule has 2 rings (SSSR count). The molecule has 0 aliphatic rings. The maximum Gasteiger partial charge on any atom is 0.416 e. The van der Waals surface area contributed by atoms with E-state index in [-0.39, 0.29) is 29.9 Å². The second-order valence-corrected chi connectivity index (χ2v) is 6.66. The molecule has 142 valence electrons. The van der Waals surface area contributed by atoms with E-state index in [1.54, 1.807) is 0 Å². The minimum Gasteiger partial charge on any atom is -0.352 e. The van der Waals surface area contributed by atoms with Gasteiger partial charge in [-0.25, -0.2) is 0 Å². The Morgan fingerprint density at radius 3 is 2.62 bits per heavy atom. The van der Waals surface area contributed by atoms with Gasteiger partial charge in [0, 0.05) is 11.6 Å². The Morgan fingerprint density at radius 1 is 1.23 bits per heavy atom. The van der Waals surface area contributed by atoms with Crippen molar-refractivity contribution in [1.82, 2.24) is 25.5 Å². The Bertz CT molecular complexity index is 742. The number of carbonyl (C=O) groups excluding carboxylic acids is 1. The van der Waals surface area contributed by atoms with E-state index in [9.17, 15) is 18.0 Å². The molecule has 6 nitrogen and oxygen atoms in total. The summed E-state index contributed by atoms with van der Waals surface area (Å²) in [6.07, 6.45) is -2.58. The summed E-state index contributed by atoms with van der Waals surface area (Å²) in [4.78, 5) is 13.1. The van der Waals surface area contributed by atoms with E-state index >= 15 is 0 Å². The minimum absolute atomic E-state index is 0.0244. The van der Waals surface area contributed by atoms with E-state index < -0.39 is 11.7 Å². The van der Waals surface area contributed by atoms with Crippen LogP contribution in [0.1, 0.15) is 39.2 Å². The number of nitrogens with zero attached hydrogens (tertiary/aromatic N) is 4. The van der Waals surface area contributed by atoms with Gasteiger partial charge >= 0.3 is 6.18 Å². The van der Waals surface area contributed by atoms with Crippen LogP contribution in [-0.4, -0.2) is 32.2 Å². The predicted octanol–water partition coefficient (Wildman–Crippen LogP) is 3.30. The lowest BCUT2D eigenvalue weighted by atomic mass is 10.0. The molecular formula is C17H22F3N5O. The highest BCUT2D eigenvalue weighted by Crippen LogP contribution is 2.31. The molecule has 0 saturated carbocycles. The second kappa shape index (κ2) is 8.29. The van der Waals surface area contributed by atoms with Crippen molar-refractivity contribution in [3.8, 4) is 11.4 Å². The Balaban J connectivity index is 1.98. The van der Waals surface area contributed by atoms with Crippen LogP contribution >= 0.6 is 0 Å². The van der Waals surface area contributed by atoms with Crippen LogP contribution in [0, 0.1) is 5.92 Å². The first-order chi connectivity index (χ1) is 12.1. The fourth-order valence-electron chi connectivity index (χ4n) is 2.36. The third-order valence-corrected chi connectivity index (χ3v) is 3.77. The molecule has 9 heteroatoms. The van der Waals surface area contributed by atoms with E-state index in [0.29, 0.717) is 5.92 Å². The standard InChI is InChI=1S/C17H22F3N5O/c1-11(2)7-8-12(3)21-15(26)10-25-23-16(22-24-25)13-5-4-6-14(9-13)17(18,19)20/h4-6,9,11-12H,7-8,10H2,1-3H3,(H,21,26)/t12-/m1/s1. The highest BCUT2D eigenvalue weighted by atomic mass is 19.4. The Labute approximate surface area is 149 Å². The Morgan fingerprint density at radius 2 is 1.96 bits per heavy atom. The van der Waals surface area contributed by atoms with Crippen molar-refractivity contribution in [3.63, 3.8) is 0 Å². The average Bonchev–Trinajstić information content (AvgIpc) is 3.00.